The van der Waals surface area contributed by atoms with Gasteiger partial charge in [-0.25, -0.2) is 8.42 Å². The fourth-order valence-electron chi connectivity index (χ4n) is 2.28. The van der Waals surface area contributed by atoms with Gasteiger partial charge in [-0.15, -0.1) is 11.3 Å². The average molecular weight is 338 g/mol. The van der Waals surface area contributed by atoms with Crippen LogP contribution in [0.3, 0.4) is 0 Å². The van der Waals surface area contributed by atoms with Gasteiger partial charge >= 0.3 is 0 Å². The Morgan fingerprint density at radius 1 is 1.55 bits per heavy atom. The van der Waals surface area contributed by atoms with Crippen molar-refractivity contribution in [3.63, 3.8) is 0 Å². The van der Waals surface area contributed by atoms with E-state index < -0.39 is 9.05 Å². The summed E-state index contributed by atoms with van der Waals surface area (Å²) in [6, 6.07) is 1.36. The van der Waals surface area contributed by atoms with Crippen molar-refractivity contribution in [2.24, 2.45) is 0 Å². The predicted molar refractivity (Wildman–Crippen MR) is 78.0 cm³/mol. The lowest BCUT2D eigenvalue weighted by Crippen LogP contribution is -2.42. The summed E-state index contributed by atoms with van der Waals surface area (Å²) in [5.74, 6) is -0.161. The Labute approximate surface area is 126 Å². The second-order valence-corrected chi connectivity index (χ2v) is 8.51. The molecule has 0 aromatic carbocycles. The minimum absolute atomic E-state index is 0.0211. The van der Waals surface area contributed by atoms with Crippen LogP contribution in [0.25, 0.3) is 0 Å². The van der Waals surface area contributed by atoms with Crippen molar-refractivity contribution in [1.82, 2.24) is 4.90 Å². The van der Waals surface area contributed by atoms with Gasteiger partial charge in [0.05, 0.1) is 15.9 Å². The number of rotatable bonds is 3. The lowest BCUT2D eigenvalue weighted by atomic mass is 10.1. The zero-order valence-corrected chi connectivity index (χ0v) is 13.6. The molecule has 2 heterocycles. The highest BCUT2D eigenvalue weighted by molar-refractivity contribution is 8.13. The Bertz CT molecular complexity index is 611. The van der Waals surface area contributed by atoms with Gasteiger partial charge in [0, 0.05) is 35.8 Å². The number of halogens is 1. The van der Waals surface area contributed by atoms with Crippen LogP contribution < -0.4 is 0 Å². The van der Waals surface area contributed by atoms with E-state index in [9.17, 15) is 13.2 Å². The molecule has 2 rings (SSSR count). The summed E-state index contributed by atoms with van der Waals surface area (Å²) < 4.78 is 28.1. The first-order valence-electron chi connectivity index (χ1n) is 6.20. The van der Waals surface area contributed by atoms with E-state index in [0.717, 1.165) is 24.2 Å². The molecule has 20 heavy (non-hydrogen) atoms. The van der Waals surface area contributed by atoms with E-state index >= 15 is 0 Å². The number of thiophene rings is 1. The molecule has 0 aliphatic carbocycles. The van der Waals surface area contributed by atoms with Crippen molar-refractivity contribution in [3.8, 4) is 0 Å². The van der Waals surface area contributed by atoms with E-state index in [1.807, 2.05) is 0 Å². The fourth-order valence-corrected chi connectivity index (χ4v) is 4.92. The molecular weight excluding hydrogens is 322 g/mol. The zero-order valence-electron chi connectivity index (χ0n) is 11.3. The first-order chi connectivity index (χ1) is 9.32. The van der Waals surface area contributed by atoms with Crippen LogP contribution >= 0.6 is 22.0 Å². The standard InChI is InChI=1S/C12H16ClNO4S2/c1-8-11(20(13,16)17)6-10(19-8)12(15)14-5-3-4-9(7-14)18-2/h6,9H,3-5,7H2,1-2H3. The first-order valence-corrected chi connectivity index (χ1v) is 9.32. The quantitative estimate of drug-likeness (QED) is 0.793. The Morgan fingerprint density at radius 3 is 2.80 bits per heavy atom. The number of amides is 1. The van der Waals surface area contributed by atoms with Gasteiger partial charge in [0.25, 0.3) is 15.0 Å². The minimum Gasteiger partial charge on any atom is -0.380 e. The number of methoxy groups -OCH3 is 1. The largest absolute Gasteiger partial charge is 0.380 e. The van der Waals surface area contributed by atoms with E-state index in [-0.39, 0.29) is 16.9 Å². The van der Waals surface area contributed by atoms with Gasteiger partial charge in [0.1, 0.15) is 0 Å². The van der Waals surface area contributed by atoms with E-state index in [1.54, 1.807) is 18.9 Å². The van der Waals surface area contributed by atoms with E-state index in [0.29, 0.717) is 22.8 Å². The molecule has 0 N–H and O–H groups in total. The Morgan fingerprint density at radius 2 is 2.25 bits per heavy atom. The zero-order chi connectivity index (χ0) is 14.9. The average Bonchev–Trinajstić information content (AvgIpc) is 2.80. The molecule has 1 aromatic rings. The number of hydrogen-bond donors (Lipinski definition) is 0. The van der Waals surface area contributed by atoms with E-state index in [1.165, 1.54) is 6.07 Å². The number of aryl methyl sites for hydroxylation is 1. The second kappa shape index (κ2) is 6.01. The number of nitrogens with zero attached hydrogens (tertiary/aromatic N) is 1. The molecule has 112 valence electrons. The first kappa shape index (κ1) is 15.8. The van der Waals surface area contributed by atoms with Crippen LogP contribution in [0.2, 0.25) is 0 Å². The van der Waals surface area contributed by atoms with Gasteiger partial charge in [0.15, 0.2) is 0 Å². The number of hydrogen-bond acceptors (Lipinski definition) is 5. The Kier molecular flexibility index (Phi) is 4.73. The molecular formula is C12H16ClNO4S2. The van der Waals surface area contributed by atoms with Crippen LogP contribution in [0, 0.1) is 6.92 Å². The monoisotopic (exact) mass is 337 g/mol. The summed E-state index contributed by atoms with van der Waals surface area (Å²) in [5, 5.41) is 0. The van der Waals surface area contributed by atoms with Gasteiger partial charge < -0.3 is 9.64 Å². The minimum atomic E-state index is -3.81. The number of likely N-dealkylation sites (tertiary alicyclic amines) is 1. The lowest BCUT2D eigenvalue weighted by Gasteiger charge is -2.31. The van der Waals surface area contributed by atoms with Crippen LogP contribution in [-0.4, -0.2) is 45.5 Å². The SMILES string of the molecule is COC1CCCN(C(=O)c2cc(S(=O)(=O)Cl)c(C)s2)C1. The van der Waals surface area contributed by atoms with Gasteiger partial charge in [-0.2, -0.15) is 0 Å². The fraction of sp³-hybridized carbons (Fsp3) is 0.583. The lowest BCUT2D eigenvalue weighted by molar-refractivity contribution is 0.0271. The van der Waals surface area contributed by atoms with Crippen molar-refractivity contribution in [1.29, 1.82) is 0 Å². The topological polar surface area (TPSA) is 63.7 Å². The van der Waals surface area contributed by atoms with Crippen LogP contribution in [0.1, 0.15) is 27.4 Å². The van der Waals surface area contributed by atoms with Crippen LogP contribution in [0.5, 0.6) is 0 Å². The molecule has 8 heteroatoms. The highest BCUT2D eigenvalue weighted by Gasteiger charge is 2.27. The molecule has 1 unspecified atom stereocenters. The smallest absolute Gasteiger partial charge is 0.264 e. The highest BCUT2D eigenvalue weighted by atomic mass is 35.7. The molecule has 0 spiro atoms. The number of carbonyl (C=O) groups excluding carboxylic acids is 1. The van der Waals surface area contributed by atoms with Crippen molar-refractivity contribution in [2.45, 2.75) is 30.8 Å². The highest BCUT2D eigenvalue weighted by Crippen LogP contribution is 2.29. The third-order valence-electron chi connectivity index (χ3n) is 3.34. The molecule has 0 radical (unpaired) electrons. The van der Waals surface area contributed by atoms with Crippen LogP contribution in [-0.2, 0) is 13.8 Å². The molecule has 1 amide bonds. The molecule has 1 aromatic heterocycles. The van der Waals surface area contributed by atoms with E-state index in [4.69, 9.17) is 15.4 Å². The maximum absolute atomic E-state index is 12.4. The summed E-state index contributed by atoms with van der Waals surface area (Å²) in [4.78, 5) is 15.1. The van der Waals surface area contributed by atoms with Crippen LogP contribution in [0.4, 0.5) is 0 Å². The van der Waals surface area contributed by atoms with Crippen molar-refractivity contribution >= 4 is 37.0 Å². The molecule has 1 aliphatic heterocycles. The predicted octanol–water partition coefficient (Wildman–Crippen LogP) is 2.24. The Hall–Kier alpha value is -0.630. The summed E-state index contributed by atoms with van der Waals surface area (Å²) in [5.41, 5.74) is 0. The molecule has 1 aliphatic rings. The van der Waals surface area contributed by atoms with E-state index in [2.05, 4.69) is 0 Å². The summed E-state index contributed by atoms with van der Waals surface area (Å²) >= 11 is 1.16. The van der Waals surface area contributed by atoms with Crippen molar-refractivity contribution < 1.29 is 17.9 Å². The summed E-state index contributed by atoms with van der Waals surface area (Å²) in [7, 11) is 3.17. The molecule has 1 fully saturated rings. The van der Waals surface area contributed by atoms with Gasteiger partial charge in [-0.05, 0) is 25.8 Å². The van der Waals surface area contributed by atoms with Gasteiger partial charge in [-0.3, -0.25) is 4.79 Å². The molecule has 0 saturated carbocycles. The second-order valence-electron chi connectivity index (χ2n) is 4.72. The third kappa shape index (κ3) is 3.33. The van der Waals surface area contributed by atoms with Gasteiger partial charge in [-0.1, -0.05) is 0 Å². The summed E-state index contributed by atoms with van der Waals surface area (Å²) in [6.07, 6.45) is 1.87. The molecule has 5 nitrogen and oxygen atoms in total. The third-order valence-corrected chi connectivity index (χ3v) is 5.96. The molecule has 1 atom stereocenters. The maximum Gasteiger partial charge on any atom is 0.264 e. The Balaban J connectivity index is 2.22. The number of ether oxygens (including phenoxy) is 1. The maximum atomic E-state index is 12.4. The number of piperidine rings is 1. The molecule has 0 bridgehead atoms. The number of carbonyl (C=O) groups is 1. The normalized spacial score (nSPS) is 20.1. The van der Waals surface area contributed by atoms with Crippen LogP contribution in [0.15, 0.2) is 11.0 Å². The summed E-state index contributed by atoms with van der Waals surface area (Å²) in [6.45, 7) is 2.85. The van der Waals surface area contributed by atoms with Gasteiger partial charge in [0.2, 0.25) is 0 Å². The van der Waals surface area contributed by atoms with Crippen molar-refractivity contribution in [3.05, 3.63) is 15.8 Å². The van der Waals surface area contributed by atoms with Crippen molar-refractivity contribution in [2.75, 3.05) is 20.2 Å². The molecule has 1 saturated heterocycles.